The fourth-order valence-electron chi connectivity index (χ4n) is 2.26. The molecule has 1 saturated carbocycles. The van der Waals surface area contributed by atoms with Crippen LogP contribution in [0.15, 0.2) is 9.42 Å². The molecule has 1 aromatic heterocycles. The molecule has 2 rings (SSSR count). The maximum Gasteiger partial charge on any atom is 0.248 e. The zero-order valence-corrected chi connectivity index (χ0v) is 13.1. The van der Waals surface area contributed by atoms with Crippen molar-refractivity contribution in [3.05, 3.63) is 11.5 Å². The van der Waals surface area contributed by atoms with Gasteiger partial charge in [0.2, 0.25) is 10.0 Å². The zero-order valence-electron chi connectivity index (χ0n) is 10.7. The van der Waals surface area contributed by atoms with E-state index in [1.54, 1.807) is 20.9 Å². The average molecular weight is 337 g/mol. The van der Waals surface area contributed by atoms with E-state index in [0.29, 0.717) is 28.7 Å². The molecule has 102 valence electrons. The Balaban J connectivity index is 2.16. The Kier molecular flexibility index (Phi) is 3.85. The third kappa shape index (κ3) is 2.48. The van der Waals surface area contributed by atoms with Crippen LogP contribution in [0, 0.1) is 19.8 Å². The molecule has 0 unspecified atom stereocenters. The lowest BCUT2D eigenvalue weighted by atomic mass is 9.85. The number of nitrogens with zero attached hydrogens (tertiary/aromatic N) is 2. The summed E-state index contributed by atoms with van der Waals surface area (Å²) >= 11 is 3.51. The van der Waals surface area contributed by atoms with Crippen molar-refractivity contribution in [2.45, 2.75) is 36.4 Å². The molecule has 0 N–H and O–H groups in total. The van der Waals surface area contributed by atoms with Gasteiger partial charge in [-0.25, -0.2) is 12.7 Å². The molecule has 0 saturated heterocycles. The highest BCUT2D eigenvalue weighted by Crippen LogP contribution is 2.34. The van der Waals surface area contributed by atoms with Gasteiger partial charge in [0.1, 0.15) is 10.6 Å². The SMILES string of the molecule is Cc1noc(C)c1S(=O)(=O)N(C)CC1CC(Br)C1. The summed E-state index contributed by atoms with van der Waals surface area (Å²) in [6.45, 7) is 3.82. The monoisotopic (exact) mass is 336 g/mol. The highest BCUT2D eigenvalue weighted by atomic mass is 79.9. The highest BCUT2D eigenvalue weighted by molar-refractivity contribution is 9.09. The van der Waals surface area contributed by atoms with Crippen molar-refractivity contribution >= 4 is 26.0 Å². The van der Waals surface area contributed by atoms with Gasteiger partial charge in [0.25, 0.3) is 0 Å². The van der Waals surface area contributed by atoms with E-state index in [-0.39, 0.29) is 4.90 Å². The summed E-state index contributed by atoms with van der Waals surface area (Å²) in [7, 11) is -1.87. The minimum absolute atomic E-state index is 0.208. The van der Waals surface area contributed by atoms with Gasteiger partial charge in [0, 0.05) is 18.4 Å². The Labute approximate surface area is 116 Å². The molecule has 0 atom stereocenters. The average Bonchev–Trinajstić information content (AvgIpc) is 2.56. The molecule has 0 bridgehead atoms. The summed E-state index contributed by atoms with van der Waals surface area (Å²) in [5.74, 6) is 0.793. The van der Waals surface area contributed by atoms with E-state index in [2.05, 4.69) is 21.1 Å². The summed E-state index contributed by atoms with van der Waals surface area (Å²) in [6.07, 6.45) is 2.06. The van der Waals surface area contributed by atoms with Crippen molar-refractivity contribution in [1.82, 2.24) is 9.46 Å². The second-order valence-electron chi connectivity index (χ2n) is 4.87. The van der Waals surface area contributed by atoms with Crippen molar-refractivity contribution in [2.75, 3.05) is 13.6 Å². The Morgan fingerprint density at radius 3 is 2.50 bits per heavy atom. The van der Waals surface area contributed by atoms with E-state index in [9.17, 15) is 8.42 Å². The minimum Gasteiger partial charge on any atom is -0.360 e. The number of rotatable bonds is 4. The van der Waals surface area contributed by atoms with Crippen LogP contribution in [0.1, 0.15) is 24.3 Å². The quantitative estimate of drug-likeness (QED) is 0.789. The lowest BCUT2D eigenvalue weighted by molar-refractivity contribution is 0.275. The molecule has 0 spiro atoms. The number of halogens is 1. The Morgan fingerprint density at radius 2 is 2.06 bits per heavy atom. The van der Waals surface area contributed by atoms with Crippen LogP contribution in [-0.4, -0.2) is 36.3 Å². The number of hydrogen-bond donors (Lipinski definition) is 0. The summed E-state index contributed by atoms with van der Waals surface area (Å²) in [4.78, 5) is 0.748. The van der Waals surface area contributed by atoms with E-state index < -0.39 is 10.0 Å². The molecule has 0 radical (unpaired) electrons. The van der Waals surface area contributed by atoms with Crippen LogP contribution >= 0.6 is 15.9 Å². The zero-order chi connectivity index (χ0) is 13.5. The molecule has 0 aliphatic heterocycles. The van der Waals surface area contributed by atoms with Gasteiger partial charge < -0.3 is 4.52 Å². The topological polar surface area (TPSA) is 63.4 Å². The fourth-order valence-corrected chi connectivity index (χ4v) is 4.85. The van der Waals surface area contributed by atoms with Crippen molar-refractivity contribution in [3.8, 4) is 0 Å². The molecular formula is C11H17BrN2O3S. The van der Waals surface area contributed by atoms with E-state index in [1.807, 2.05) is 0 Å². The van der Waals surface area contributed by atoms with Crippen molar-refractivity contribution < 1.29 is 12.9 Å². The number of hydrogen-bond acceptors (Lipinski definition) is 4. The maximum atomic E-state index is 12.4. The van der Waals surface area contributed by atoms with Gasteiger partial charge in [-0.2, -0.15) is 0 Å². The van der Waals surface area contributed by atoms with E-state index in [0.717, 1.165) is 12.8 Å². The molecule has 1 aromatic rings. The normalized spacial score (nSPS) is 24.3. The van der Waals surface area contributed by atoms with Crippen LogP contribution in [0.2, 0.25) is 0 Å². The lowest BCUT2D eigenvalue weighted by Crippen LogP contribution is -2.38. The summed E-state index contributed by atoms with van der Waals surface area (Å²) in [6, 6.07) is 0. The lowest BCUT2D eigenvalue weighted by Gasteiger charge is -2.33. The summed E-state index contributed by atoms with van der Waals surface area (Å²) in [5, 5.41) is 3.70. The Hall–Kier alpha value is -0.400. The standard InChI is InChI=1S/C11H17BrN2O3S/c1-7-11(8(2)17-13-7)18(15,16)14(3)6-9-4-10(12)5-9/h9-10H,4-6H2,1-3H3. The molecule has 1 aliphatic carbocycles. The van der Waals surface area contributed by atoms with Crippen molar-refractivity contribution in [1.29, 1.82) is 0 Å². The third-order valence-corrected chi connectivity index (χ3v) is 6.15. The second kappa shape index (κ2) is 4.94. The van der Waals surface area contributed by atoms with Crippen LogP contribution in [-0.2, 0) is 10.0 Å². The van der Waals surface area contributed by atoms with Crippen molar-refractivity contribution in [3.63, 3.8) is 0 Å². The predicted molar refractivity (Wildman–Crippen MR) is 71.2 cm³/mol. The van der Waals surface area contributed by atoms with Gasteiger partial charge in [-0.1, -0.05) is 21.1 Å². The Bertz CT molecular complexity index is 515. The maximum absolute atomic E-state index is 12.4. The van der Waals surface area contributed by atoms with Crippen LogP contribution in [0.5, 0.6) is 0 Å². The first kappa shape index (κ1) is 14.0. The first-order chi connectivity index (χ1) is 8.32. The first-order valence-corrected chi connectivity index (χ1v) is 8.21. The Morgan fingerprint density at radius 1 is 1.44 bits per heavy atom. The van der Waals surface area contributed by atoms with E-state index in [4.69, 9.17) is 4.52 Å². The highest BCUT2D eigenvalue weighted by Gasteiger charge is 2.33. The number of aryl methyl sites for hydroxylation is 2. The molecule has 1 heterocycles. The summed E-state index contributed by atoms with van der Waals surface area (Å²) in [5.41, 5.74) is 0.423. The second-order valence-corrected chi connectivity index (χ2v) is 8.15. The van der Waals surface area contributed by atoms with Gasteiger partial charge in [-0.3, -0.25) is 0 Å². The number of sulfonamides is 1. The van der Waals surface area contributed by atoms with Crippen LogP contribution in [0.25, 0.3) is 0 Å². The molecule has 5 nitrogen and oxygen atoms in total. The third-order valence-electron chi connectivity index (χ3n) is 3.33. The minimum atomic E-state index is -3.48. The smallest absolute Gasteiger partial charge is 0.248 e. The molecule has 1 aliphatic rings. The molecule has 0 amide bonds. The first-order valence-electron chi connectivity index (χ1n) is 5.85. The molecule has 1 fully saturated rings. The number of aromatic nitrogens is 1. The van der Waals surface area contributed by atoms with Gasteiger partial charge >= 0.3 is 0 Å². The molecule has 7 heteroatoms. The van der Waals surface area contributed by atoms with Crippen LogP contribution in [0.3, 0.4) is 0 Å². The molecule has 18 heavy (non-hydrogen) atoms. The summed E-state index contributed by atoms with van der Waals surface area (Å²) < 4.78 is 31.1. The van der Waals surface area contributed by atoms with Gasteiger partial charge in [0.15, 0.2) is 5.76 Å². The number of alkyl halides is 1. The fraction of sp³-hybridized carbons (Fsp3) is 0.727. The predicted octanol–water partition coefficient (Wildman–Crippen LogP) is 2.09. The van der Waals surface area contributed by atoms with Gasteiger partial charge in [-0.15, -0.1) is 0 Å². The van der Waals surface area contributed by atoms with E-state index in [1.165, 1.54) is 4.31 Å². The van der Waals surface area contributed by atoms with Gasteiger partial charge in [0.05, 0.1) is 0 Å². The van der Waals surface area contributed by atoms with Crippen molar-refractivity contribution in [2.24, 2.45) is 5.92 Å². The van der Waals surface area contributed by atoms with Crippen LogP contribution < -0.4 is 0 Å². The van der Waals surface area contributed by atoms with Gasteiger partial charge in [-0.05, 0) is 32.6 Å². The van der Waals surface area contributed by atoms with Crippen LogP contribution in [0.4, 0.5) is 0 Å². The van der Waals surface area contributed by atoms with E-state index >= 15 is 0 Å². The molecular weight excluding hydrogens is 320 g/mol. The molecule has 0 aromatic carbocycles. The largest absolute Gasteiger partial charge is 0.360 e.